The van der Waals surface area contributed by atoms with E-state index in [1.165, 1.54) is 12.8 Å². The van der Waals surface area contributed by atoms with Crippen molar-refractivity contribution in [1.29, 1.82) is 0 Å². The Balaban J connectivity index is 2.27. The molecule has 0 unspecified atom stereocenters. The maximum Gasteiger partial charge on any atom is 0.0953 e. The molecule has 1 heterocycles. The third-order valence-electron chi connectivity index (χ3n) is 2.59. The molecule has 1 aliphatic carbocycles. The Morgan fingerprint density at radius 2 is 2.09 bits per heavy atom. The summed E-state index contributed by atoms with van der Waals surface area (Å²) in [6.07, 6.45) is 8.18. The lowest BCUT2D eigenvalue weighted by Crippen LogP contribution is -2.32. The van der Waals surface area contributed by atoms with E-state index in [2.05, 4.69) is 0 Å². The summed E-state index contributed by atoms with van der Waals surface area (Å²) in [6.45, 7) is 0. The largest absolute Gasteiger partial charge is 0.472 e. The van der Waals surface area contributed by atoms with Crippen LogP contribution in [-0.2, 0) is 5.54 Å². The number of hydrogen-bond donors (Lipinski definition) is 1. The molecule has 0 aromatic carbocycles. The third kappa shape index (κ3) is 1.07. The Bertz CT molecular complexity index is 222. The molecule has 1 fully saturated rings. The van der Waals surface area contributed by atoms with Gasteiger partial charge in [0, 0.05) is 11.1 Å². The molecule has 1 saturated carbocycles. The Hall–Kier alpha value is -0.760. The van der Waals surface area contributed by atoms with Crippen molar-refractivity contribution in [3.8, 4) is 0 Å². The lowest BCUT2D eigenvalue weighted by atomic mass is 9.92. The van der Waals surface area contributed by atoms with Gasteiger partial charge in [0.05, 0.1) is 12.5 Å². The Morgan fingerprint density at radius 3 is 2.64 bits per heavy atom. The third-order valence-corrected chi connectivity index (χ3v) is 2.59. The van der Waals surface area contributed by atoms with Crippen LogP contribution in [0.1, 0.15) is 31.2 Å². The summed E-state index contributed by atoms with van der Waals surface area (Å²) in [4.78, 5) is 0. The fourth-order valence-electron chi connectivity index (χ4n) is 1.84. The summed E-state index contributed by atoms with van der Waals surface area (Å²) in [5, 5.41) is 0. The van der Waals surface area contributed by atoms with Crippen molar-refractivity contribution in [2.24, 2.45) is 5.73 Å². The highest BCUT2D eigenvalue weighted by atomic mass is 16.3. The van der Waals surface area contributed by atoms with E-state index in [1.54, 1.807) is 12.5 Å². The number of rotatable bonds is 1. The smallest absolute Gasteiger partial charge is 0.0953 e. The van der Waals surface area contributed by atoms with Gasteiger partial charge in [-0.3, -0.25) is 0 Å². The van der Waals surface area contributed by atoms with Crippen molar-refractivity contribution in [2.45, 2.75) is 31.2 Å². The Morgan fingerprint density at radius 1 is 1.36 bits per heavy atom. The first-order valence-corrected chi connectivity index (χ1v) is 4.13. The maximum atomic E-state index is 6.16. The van der Waals surface area contributed by atoms with Gasteiger partial charge in [0.15, 0.2) is 0 Å². The SMILES string of the molecule is NC1(c2ccoc2)CCCC1. The molecule has 0 amide bonds. The quantitative estimate of drug-likeness (QED) is 0.666. The van der Waals surface area contributed by atoms with E-state index in [1.807, 2.05) is 6.07 Å². The second kappa shape index (κ2) is 2.38. The zero-order valence-corrected chi connectivity index (χ0v) is 6.55. The molecule has 0 saturated heterocycles. The van der Waals surface area contributed by atoms with Gasteiger partial charge in [-0.1, -0.05) is 12.8 Å². The van der Waals surface area contributed by atoms with Gasteiger partial charge in [-0.2, -0.15) is 0 Å². The summed E-state index contributed by atoms with van der Waals surface area (Å²) in [6, 6.07) is 1.98. The highest BCUT2D eigenvalue weighted by Crippen LogP contribution is 2.36. The van der Waals surface area contributed by atoms with Crippen molar-refractivity contribution in [2.75, 3.05) is 0 Å². The van der Waals surface area contributed by atoms with E-state index in [0.717, 1.165) is 18.4 Å². The lowest BCUT2D eigenvalue weighted by molar-refractivity contribution is 0.451. The topological polar surface area (TPSA) is 39.2 Å². The molecule has 0 aliphatic heterocycles. The highest BCUT2D eigenvalue weighted by Gasteiger charge is 2.31. The van der Waals surface area contributed by atoms with Crippen LogP contribution in [0.4, 0.5) is 0 Å². The van der Waals surface area contributed by atoms with Crippen LogP contribution in [0.15, 0.2) is 23.0 Å². The minimum atomic E-state index is -0.0764. The molecule has 2 N–H and O–H groups in total. The van der Waals surface area contributed by atoms with Crippen LogP contribution in [0.5, 0.6) is 0 Å². The van der Waals surface area contributed by atoms with E-state index in [0.29, 0.717) is 0 Å². The summed E-state index contributed by atoms with van der Waals surface area (Å²) >= 11 is 0. The molecule has 1 aromatic heterocycles. The molecule has 0 bridgehead atoms. The minimum absolute atomic E-state index is 0.0764. The fraction of sp³-hybridized carbons (Fsp3) is 0.556. The van der Waals surface area contributed by atoms with Crippen molar-refractivity contribution in [3.05, 3.63) is 24.2 Å². The predicted molar refractivity (Wildman–Crippen MR) is 43.0 cm³/mol. The summed E-state index contributed by atoms with van der Waals surface area (Å²) < 4.78 is 5.01. The zero-order valence-electron chi connectivity index (χ0n) is 6.55. The van der Waals surface area contributed by atoms with Gasteiger partial charge < -0.3 is 10.2 Å². The van der Waals surface area contributed by atoms with Crippen molar-refractivity contribution in [1.82, 2.24) is 0 Å². The predicted octanol–water partition coefficient (Wildman–Crippen LogP) is 2.01. The van der Waals surface area contributed by atoms with Crippen LogP contribution in [0, 0.1) is 0 Å². The number of nitrogens with two attached hydrogens (primary N) is 1. The van der Waals surface area contributed by atoms with Gasteiger partial charge in [0.1, 0.15) is 0 Å². The molecular weight excluding hydrogens is 138 g/mol. The first kappa shape index (κ1) is 6.92. The van der Waals surface area contributed by atoms with Crippen LogP contribution < -0.4 is 5.73 Å². The van der Waals surface area contributed by atoms with E-state index in [9.17, 15) is 0 Å². The van der Waals surface area contributed by atoms with Crippen LogP contribution in [0.3, 0.4) is 0 Å². The standard InChI is InChI=1S/C9H13NO/c10-9(4-1-2-5-9)8-3-6-11-7-8/h3,6-7H,1-2,4-5,10H2. The zero-order chi connectivity index (χ0) is 7.73. The fourth-order valence-corrected chi connectivity index (χ4v) is 1.84. The molecule has 1 aromatic rings. The van der Waals surface area contributed by atoms with Crippen molar-refractivity contribution < 1.29 is 4.42 Å². The molecule has 2 heteroatoms. The number of furan rings is 1. The highest BCUT2D eigenvalue weighted by molar-refractivity contribution is 5.19. The van der Waals surface area contributed by atoms with Gasteiger partial charge in [-0.25, -0.2) is 0 Å². The molecular formula is C9H13NO. The summed E-state index contributed by atoms with van der Waals surface area (Å²) in [5.74, 6) is 0. The molecule has 0 spiro atoms. The average molecular weight is 151 g/mol. The second-order valence-corrected chi connectivity index (χ2v) is 3.38. The Labute approximate surface area is 66.4 Å². The van der Waals surface area contributed by atoms with Crippen LogP contribution in [0.25, 0.3) is 0 Å². The second-order valence-electron chi connectivity index (χ2n) is 3.38. The van der Waals surface area contributed by atoms with Gasteiger partial charge >= 0.3 is 0 Å². The molecule has 2 rings (SSSR count). The van der Waals surface area contributed by atoms with Crippen LogP contribution >= 0.6 is 0 Å². The number of hydrogen-bond acceptors (Lipinski definition) is 2. The summed E-state index contributed by atoms with van der Waals surface area (Å²) in [7, 11) is 0. The monoisotopic (exact) mass is 151 g/mol. The normalized spacial score (nSPS) is 22.3. The first-order chi connectivity index (χ1) is 5.31. The van der Waals surface area contributed by atoms with E-state index in [4.69, 9.17) is 10.2 Å². The summed E-state index contributed by atoms with van der Waals surface area (Å²) in [5.41, 5.74) is 7.25. The molecule has 60 valence electrons. The van der Waals surface area contributed by atoms with Crippen molar-refractivity contribution in [3.63, 3.8) is 0 Å². The average Bonchev–Trinajstić information content (AvgIpc) is 2.55. The van der Waals surface area contributed by atoms with E-state index in [-0.39, 0.29) is 5.54 Å². The van der Waals surface area contributed by atoms with Crippen LogP contribution in [-0.4, -0.2) is 0 Å². The van der Waals surface area contributed by atoms with E-state index < -0.39 is 0 Å². The van der Waals surface area contributed by atoms with Gasteiger partial charge in [0.25, 0.3) is 0 Å². The minimum Gasteiger partial charge on any atom is -0.472 e. The molecule has 0 radical (unpaired) electrons. The molecule has 0 atom stereocenters. The van der Waals surface area contributed by atoms with Crippen molar-refractivity contribution >= 4 is 0 Å². The molecule has 2 nitrogen and oxygen atoms in total. The van der Waals surface area contributed by atoms with Gasteiger partial charge in [-0.05, 0) is 18.9 Å². The maximum absolute atomic E-state index is 6.16. The lowest BCUT2D eigenvalue weighted by Gasteiger charge is -2.21. The molecule has 1 aliphatic rings. The van der Waals surface area contributed by atoms with Crippen LogP contribution in [0.2, 0.25) is 0 Å². The molecule has 11 heavy (non-hydrogen) atoms. The van der Waals surface area contributed by atoms with E-state index >= 15 is 0 Å². The van der Waals surface area contributed by atoms with Gasteiger partial charge in [0.2, 0.25) is 0 Å². The first-order valence-electron chi connectivity index (χ1n) is 4.13. The Kier molecular flexibility index (Phi) is 1.50. The van der Waals surface area contributed by atoms with Gasteiger partial charge in [-0.15, -0.1) is 0 Å².